The largest absolute Gasteiger partial charge is 0.394 e. The van der Waals surface area contributed by atoms with Crippen LogP contribution >= 0.6 is 11.6 Å². The molecule has 1 aromatic carbocycles. The zero-order chi connectivity index (χ0) is 30.0. The van der Waals surface area contributed by atoms with Crippen LogP contribution in [-0.4, -0.2) is 55.3 Å². The number of allylic oxidation sites excluding steroid dienone is 4. The number of rotatable bonds is 11. The molecule has 1 aliphatic rings. The summed E-state index contributed by atoms with van der Waals surface area (Å²) in [5.74, 6) is -3.25. The van der Waals surface area contributed by atoms with Crippen molar-refractivity contribution in [2.75, 3.05) is 20.1 Å². The summed E-state index contributed by atoms with van der Waals surface area (Å²) in [7, 11) is 1.59. The summed E-state index contributed by atoms with van der Waals surface area (Å²) < 4.78 is 29.7. The van der Waals surface area contributed by atoms with Gasteiger partial charge < -0.3 is 16.0 Å². The fraction of sp³-hybridized carbons (Fsp3) is 0.516. The van der Waals surface area contributed by atoms with Crippen LogP contribution in [0.5, 0.6) is 0 Å². The molecular formula is C31H44ClF2N5O. The monoisotopic (exact) mass is 575 g/mol. The molecule has 9 heteroatoms. The lowest BCUT2D eigenvalue weighted by Crippen LogP contribution is -2.59. The van der Waals surface area contributed by atoms with Gasteiger partial charge in [0, 0.05) is 38.0 Å². The molecule has 3 unspecified atom stereocenters. The molecule has 0 bridgehead atoms. The second kappa shape index (κ2) is 15.1. The molecule has 3 N–H and O–H groups in total. The van der Waals surface area contributed by atoms with Gasteiger partial charge in [0.2, 0.25) is 0 Å². The number of nitrogens with one attached hydrogen (secondary N) is 1. The van der Waals surface area contributed by atoms with E-state index in [0.29, 0.717) is 22.3 Å². The van der Waals surface area contributed by atoms with Crippen LogP contribution in [0, 0.1) is 5.92 Å². The van der Waals surface area contributed by atoms with Crippen molar-refractivity contribution >= 4 is 35.5 Å². The summed E-state index contributed by atoms with van der Waals surface area (Å²) in [5.41, 5.74) is 9.57. The third-order valence-corrected chi connectivity index (χ3v) is 7.82. The highest BCUT2D eigenvalue weighted by atomic mass is 35.5. The standard InChI is InChI=1S/C31H44ClF2N5O/c1-8-20(4)23-12-11-13-24(14-23)26(17-36-7)28(35)30(40)39-19-31(33,34)15-22(6)27(39)18-38-29(21(5)9-2)37-16-25(32)10-3/h10-14,16-17,20,22,27,38H,8-9,15,18-19,35H2,1-7H3/b25-10+,28-26?,29-21+,36-17?,37-16+. The molecule has 1 aromatic rings. The van der Waals surface area contributed by atoms with Crippen molar-refractivity contribution in [1.82, 2.24) is 10.2 Å². The number of nitrogens with two attached hydrogens (primary N) is 1. The highest BCUT2D eigenvalue weighted by molar-refractivity contribution is 6.39. The molecule has 3 atom stereocenters. The fourth-order valence-corrected chi connectivity index (χ4v) is 4.75. The van der Waals surface area contributed by atoms with Crippen molar-refractivity contribution in [2.45, 2.75) is 78.7 Å². The fourth-order valence-electron chi connectivity index (χ4n) is 4.70. The number of benzene rings is 1. The first-order chi connectivity index (χ1) is 18.9. The summed E-state index contributed by atoms with van der Waals surface area (Å²) >= 11 is 6.10. The highest BCUT2D eigenvalue weighted by Crippen LogP contribution is 2.35. The lowest BCUT2D eigenvalue weighted by Gasteiger charge is -2.43. The quantitative estimate of drug-likeness (QED) is 0.223. The first-order valence-corrected chi connectivity index (χ1v) is 14.3. The number of nitrogens with zero attached hydrogens (tertiary/aromatic N) is 3. The first kappa shape index (κ1) is 33.2. The zero-order valence-electron chi connectivity index (χ0n) is 24.8. The van der Waals surface area contributed by atoms with Gasteiger partial charge in [-0.05, 0) is 55.2 Å². The first-order valence-electron chi connectivity index (χ1n) is 13.9. The van der Waals surface area contributed by atoms with Crippen molar-refractivity contribution in [1.29, 1.82) is 0 Å². The minimum atomic E-state index is -3.03. The lowest BCUT2D eigenvalue weighted by atomic mass is 9.87. The van der Waals surface area contributed by atoms with E-state index in [0.717, 1.165) is 29.5 Å². The molecule has 220 valence electrons. The molecule has 0 aromatic heterocycles. The molecule has 1 amide bonds. The molecule has 40 heavy (non-hydrogen) atoms. The summed E-state index contributed by atoms with van der Waals surface area (Å²) in [6, 6.07) is 7.24. The second-order valence-corrected chi connectivity index (χ2v) is 10.9. The number of amides is 1. The molecular weight excluding hydrogens is 532 g/mol. The Morgan fingerprint density at radius 3 is 2.62 bits per heavy atom. The maximum Gasteiger partial charge on any atom is 0.270 e. The van der Waals surface area contributed by atoms with Crippen molar-refractivity contribution in [3.8, 4) is 0 Å². The van der Waals surface area contributed by atoms with Gasteiger partial charge in [-0.25, -0.2) is 13.8 Å². The third-order valence-electron chi connectivity index (χ3n) is 7.50. The van der Waals surface area contributed by atoms with Gasteiger partial charge >= 0.3 is 0 Å². The van der Waals surface area contributed by atoms with Crippen molar-refractivity contribution in [3.63, 3.8) is 0 Å². The molecule has 0 spiro atoms. The van der Waals surface area contributed by atoms with E-state index in [2.05, 4.69) is 29.1 Å². The maximum absolute atomic E-state index is 14.8. The van der Waals surface area contributed by atoms with Crippen LogP contribution in [0.3, 0.4) is 0 Å². The number of hydrogen-bond acceptors (Lipinski definition) is 5. The van der Waals surface area contributed by atoms with Crippen LogP contribution in [0.2, 0.25) is 0 Å². The second-order valence-electron chi connectivity index (χ2n) is 10.5. The molecule has 1 aliphatic heterocycles. The molecule has 0 aliphatic carbocycles. The Kier molecular flexibility index (Phi) is 12.6. The van der Waals surface area contributed by atoms with E-state index in [1.165, 1.54) is 17.3 Å². The number of carbonyl (C=O) groups is 1. The number of alkyl halides is 2. The van der Waals surface area contributed by atoms with Gasteiger partial charge in [-0.1, -0.05) is 69.6 Å². The normalized spacial score (nSPS) is 21.9. The van der Waals surface area contributed by atoms with Gasteiger partial charge in [-0.15, -0.1) is 0 Å². The summed E-state index contributed by atoms with van der Waals surface area (Å²) in [4.78, 5) is 23.6. The Morgan fingerprint density at radius 1 is 1.32 bits per heavy atom. The smallest absolute Gasteiger partial charge is 0.270 e. The topological polar surface area (TPSA) is 83.1 Å². The van der Waals surface area contributed by atoms with Gasteiger partial charge in [0.25, 0.3) is 11.8 Å². The average Bonchev–Trinajstić information content (AvgIpc) is 2.94. The SMILES string of the molecule is C\C=C(Cl)/C=N/C(NCC1C(C)CC(F)(F)CN1C(=O)C(N)=C(C=NC)c1cccc(C(C)CC)c1)=C(/C)CC. The Morgan fingerprint density at radius 2 is 2.02 bits per heavy atom. The van der Waals surface area contributed by atoms with Crippen LogP contribution in [0.25, 0.3) is 5.57 Å². The molecule has 6 nitrogen and oxygen atoms in total. The van der Waals surface area contributed by atoms with E-state index in [-0.39, 0.29) is 18.7 Å². The van der Waals surface area contributed by atoms with Gasteiger partial charge in [0.1, 0.15) is 11.5 Å². The van der Waals surface area contributed by atoms with Crippen molar-refractivity contribution < 1.29 is 13.6 Å². The lowest BCUT2D eigenvalue weighted by molar-refractivity contribution is -0.148. The zero-order valence-corrected chi connectivity index (χ0v) is 25.5. The van der Waals surface area contributed by atoms with E-state index in [1.807, 2.05) is 38.1 Å². The Hall–Kier alpha value is -3.00. The maximum atomic E-state index is 14.8. The molecule has 1 fully saturated rings. The van der Waals surface area contributed by atoms with Gasteiger partial charge in [-0.2, -0.15) is 0 Å². The van der Waals surface area contributed by atoms with E-state index in [4.69, 9.17) is 17.3 Å². The van der Waals surface area contributed by atoms with Crippen LogP contribution in [-0.2, 0) is 4.79 Å². The molecule has 1 heterocycles. The van der Waals surface area contributed by atoms with Crippen molar-refractivity contribution in [3.05, 3.63) is 63.6 Å². The average molecular weight is 576 g/mol. The van der Waals surface area contributed by atoms with Crippen LogP contribution in [0.15, 0.2) is 62.4 Å². The Labute approximate surface area is 243 Å². The predicted molar refractivity (Wildman–Crippen MR) is 164 cm³/mol. The summed E-state index contributed by atoms with van der Waals surface area (Å²) in [6.45, 7) is 11.2. The number of piperidine rings is 1. The minimum Gasteiger partial charge on any atom is -0.394 e. The Bertz CT molecular complexity index is 1190. The van der Waals surface area contributed by atoms with Gasteiger partial charge in [-0.3, -0.25) is 9.79 Å². The molecule has 0 saturated carbocycles. The van der Waals surface area contributed by atoms with E-state index in [1.54, 1.807) is 27.0 Å². The number of halogens is 3. The number of carbonyl (C=O) groups excluding carboxylic acids is 1. The van der Waals surface area contributed by atoms with Gasteiger partial charge in [0.15, 0.2) is 0 Å². The molecule has 1 saturated heterocycles. The predicted octanol–water partition coefficient (Wildman–Crippen LogP) is 6.89. The van der Waals surface area contributed by atoms with E-state index in [9.17, 15) is 13.6 Å². The van der Waals surface area contributed by atoms with Crippen LogP contribution < -0.4 is 11.1 Å². The third kappa shape index (κ3) is 8.75. The molecule has 2 rings (SSSR count). The minimum absolute atomic E-state index is 0.111. The van der Waals surface area contributed by atoms with Gasteiger partial charge in [0.05, 0.1) is 17.6 Å². The van der Waals surface area contributed by atoms with E-state index >= 15 is 0 Å². The summed E-state index contributed by atoms with van der Waals surface area (Å²) in [5, 5.41) is 3.77. The van der Waals surface area contributed by atoms with Crippen LogP contribution in [0.4, 0.5) is 8.78 Å². The Balaban J connectivity index is 2.50. The summed E-state index contributed by atoms with van der Waals surface area (Å²) in [6.07, 6.45) is 6.14. The number of hydrogen-bond donors (Lipinski definition) is 2. The van der Waals surface area contributed by atoms with Crippen LogP contribution in [0.1, 0.15) is 77.8 Å². The van der Waals surface area contributed by atoms with Crippen molar-refractivity contribution in [2.24, 2.45) is 21.6 Å². The molecule has 0 radical (unpaired) electrons. The number of likely N-dealkylation sites (tertiary alicyclic amines) is 1. The van der Waals surface area contributed by atoms with E-state index < -0.39 is 30.3 Å². The highest BCUT2D eigenvalue weighted by Gasteiger charge is 2.46. The number of aliphatic imine (C=N–C) groups is 2.